The Morgan fingerprint density at radius 2 is 1.32 bits per heavy atom. The molecule has 0 unspecified atom stereocenters. The van der Waals surface area contributed by atoms with Crippen LogP contribution in [-0.4, -0.2) is 36.1 Å². The third-order valence-corrected chi connectivity index (χ3v) is 7.49. The van der Waals surface area contributed by atoms with E-state index in [1.54, 1.807) is 14.2 Å². The number of fused-ring (bicyclic) bond motifs is 2. The molecule has 1 fully saturated rings. The maximum Gasteiger partial charge on any atom is 0.190 e. The van der Waals surface area contributed by atoms with E-state index in [4.69, 9.17) is 9.47 Å². The summed E-state index contributed by atoms with van der Waals surface area (Å²) in [6.07, 6.45) is 0. The number of hydrogen-bond acceptors (Lipinski definition) is 6. The van der Waals surface area contributed by atoms with Gasteiger partial charge in [0, 0.05) is 11.8 Å². The van der Waals surface area contributed by atoms with Gasteiger partial charge in [-0.05, 0) is 54.8 Å². The average Bonchev–Trinajstić information content (AvgIpc) is 2.99. The van der Waals surface area contributed by atoms with Crippen molar-refractivity contribution in [1.29, 1.82) is 0 Å². The van der Waals surface area contributed by atoms with Crippen molar-refractivity contribution in [2.45, 2.75) is 43.3 Å². The van der Waals surface area contributed by atoms with Crippen LogP contribution in [0, 0.1) is 0 Å². The van der Waals surface area contributed by atoms with Crippen LogP contribution in [0.5, 0.6) is 11.5 Å². The molecule has 6 nitrogen and oxygen atoms in total. The quantitative estimate of drug-likeness (QED) is 0.489. The minimum Gasteiger partial charge on any atom is -0.497 e. The van der Waals surface area contributed by atoms with Gasteiger partial charge in [-0.3, -0.25) is 9.80 Å². The van der Waals surface area contributed by atoms with Crippen LogP contribution in [0.1, 0.15) is 42.4 Å². The van der Waals surface area contributed by atoms with Crippen LogP contribution in [0.25, 0.3) is 0 Å². The van der Waals surface area contributed by atoms with Crippen LogP contribution in [-0.2, 0) is 11.3 Å². The van der Waals surface area contributed by atoms with E-state index in [1.807, 2.05) is 73.5 Å². The second-order valence-corrected chi connectivity index (χ2v) is 9.36. The van der Waals surface area contributed by atoms with E-state index in [2.05, 4.69) is 34.6 Å². The van der Waals surface area contributed by atoms with Crippen molar-refractivity contribution in [2.75, 3.05) is 14.2 Å². The largest absolute Gasteiger partial charge is 0.497 e. The number of hydrogen-bond donors (Lipinski definition) is 0. The van der Waals surface area contributed by atoms with Gasteiger partial charge in [-0.25, -0.2) is 0 Å². The second kappa shape index (κ2) is 8.28. The zero-order chi connectivity index (χ0) is 23.9. The molecule has 0 spiro atoms. The molecule has 1 aliphatic carbocycles. The molecular formula is C28H29N3O3. The number of carbonyl (C=O) groups is 1. The molecule has 3 aromatic rings. The Labute approximate surface area is 200 Å². The predicted molar refractivity (Wildman–Crippen MR) is 130 cm³/mol. The van der Waals surface area contributed by atoms with Gasteiger partial charge < -0.3 is 9.47 Å². The van der Waals surface area contributed by atoms with Crippen molar-refractivity contribution >= 4 is 5.78 Å². The molecule has 2 bridgehead atoms. The number of carbonyl (C=O) groups excluding carboxylic acids is 1. The van der Waals surface area contributed by atoms with Gasteiger partial charge in [0.15, 0.2) is 5.78 Å². The number of ketones is 1. The van der Waals surface area contributed by atoms with Crippen LogP contribution in [0.4, 0.5) is 0 Å². The van der Waals surface area contributed by atoms with Crippen molar-refractivity contribution in [3.63, 3.8) is 0 Å². The highest BCUT2D eigenvalue weighted by atomic mass is 16.5. The maximum absolute atomic E-state index is 14.2. The molecule has 4 atom stereocenters. The molecule has 0 aromatic heterocycles. The van der Waals surface area contributed by atoms with Crippen LogP contribution in [0.3, 0.4) is 0 Å². The first kappa shape index (κ1) is 22.1. The second-order valence-electron chi connectivity index (χ2n) is 9.36. The molecule has 5 rings (SSSR count). The molecular weight excluding hydrogens is 426 g/mol. The highest BCUT2D eigenvalue weighted by molar-refractivity contribution is 6.02. The Kier molecular flexibility index (Phi) is 5.39. The molecule has 1 saturated carbocycles. The third kappa shape index (κ3) is 3.28. The lowest BCUT2D eigenvalue weighted by atomic mass is 9.74. The highest BCUT2D eigenvalue weighted by Crippen LogP contribution is 2.61. The first-order valence-electron chi connectivity index (χ1n) is 11.5. The normalized spacial score (nSPS) is 27.6. The lowest BCUT2D eigenvalue weighted by Crippen LogP contribution is -2.55. The monoisotopic (exact) mass is 455 g/mol. The molecule has 6 heteroatoms. The Balaban J connectivity index is 1.66. The zero-order valence-electron chi connectivity index (χ0n) is 19.9. The fraction of sp³-hybridized carbons (Fsp3) is 0.321. The standard InChI is InChI=1S/C28H29N3O3/c1-27-24(20-10-14-22(33-3)15-11-20)25(21-12-16-23(34-4)17-13-21)28(2,26(27)32)31(30-29-27)18-19-8-6-5-7-9-19/h5-17,24-25H,18H2,1-4H3/t24-,25-,27+,28-/m0/s1. The smallest absolute Gasteiger partial charge is 0.190 e. The molecule has 3 aromatic carbocycles. The van der Waals surface area contributed by atoms with E-state index in [0.29, 0.717) is 6.54 Å². The van der Waals surface area contributed by atoms with Crippen molar-refractivity contribution < 1.29 is 14.3 Å². The van der Waals surface area contributed by atoms with Crippen molar-refractivity contribution in [3.05, 3.63) is 95.6 Å². The number of methoxy groups -OCH3 is 2. The molecule has 0 amide bonds. The number of nitrogens with zero attached hydrogens (tertiary/aromatic N) is 3. The van der Waals surface area contributed by atoms with Crippen LogP contribution < -0.4 is 9.47 Å². The van der Waals surface area contributed by atoms with Crippen LogP contribution in [0.2, 0.25) is 0 Å². The molecule has 0 N–H and O–H groups in total. The Bertz CT molecular complexity index is 1210. The molecule has 174 valence electrons. The van der Waals surface area contributed by atoms with Gasteiger partial charge in [-0.1, -0.05) is 59.8 Å². The van der Waals surface area contributed by atoms with Crippen molar-refractivity contribution in [3.8, 4) is 11.5 Å². The van der Waals surface area contributed by atoms with E-state index in [-0.39, 0.29) is 17.6 Å². The van der Waals surface area contributed by atoms with Crippen LogP contribution >= 0.6 is 0 Å². The minimum atomic E-state index is -0.971. The summed E-state index contributed by atoms with van der Waals surface area (Å²) in [6.45, 7) is 4.45. The number of ether oxygens (including phenoxy) is 2. The minimum absolute atomic E-state index is 0.0903. The van der Waals surface area contributed by atoms with E-state index in [0.717, 1.165) is 28.2 Å². The summed E-state index contributed by atoms with van der Waals surface area (Å²) in [5, 5.41) is 11.2. The third-order valence-electron chi connectivity index (χ3n) is 7.49. The Morgan fingerprint density at radius 1 is 0.794 bits per heavy atom. The topological polar surface area (TPSA) is 63.5 Å². The molecule has 0 saturated heterocycles. The summed E-state index contributed by atoms with van der Waals surface area (Å²) in [6, 6.07) is 26.1. The summed E-state index contributed by atoms with van der Waals surface area (Å²) in [7, 11) is 3.31. The maximum atomic E-state index is 14.2. The lowest BCUT2D eigenvalue weighted by Gasteiger charge is -2.41. The fourth-order valence-corrected chi connectivity index (χ4v) is 5.68. The van der Waals surface area contributed by atoms with E-state index in [1.165, 1.54) is 0 Å². The van der Waals surface area contributed by atoms with Gasteiger partial charge in [0.2, 0.25) is 0 Å². The van der Waals surface area contributed by atoms with Gasteiger partial charge in [0.1, 0.15) is 22.6 Å². The number of Topliss-reactive ketones (excluding diaryl/α,β-unsaturated/α-hetero) is 1. The Hall–Kier alpha value is -3.67. The number of benzene rings is 3. The van der Waals surface area contributed by atoms with Gasteiger partial charge in [0.25, 0.3) is 0 Å². The van der Waals surface area contributed by atoms with Gasteiger partial charge in [-0.15, -0.1) is 0 Å². The average molecular weight is 456 g/mol. The first-order chi connectivity index (χ1) is 16.4. The zero-order valence-corrected chi connectivity index (χ0v) is 19.9. The van der Waals surface area contributed by atoms with Crippen molar-refractivity contribution in [2.24, 2.45) is 10.3 Å². The van der Waals surface area contributed by atoms with Gasteiger partial charge >= 0.3 is 0 Å². The summed E-state index contributed by atoms with van der Waals surface area (Å²) >= 11 is 0. The first-order valence-corrected chi connectivity index (χ1v) is 11.5. The molecule has 1 heterocycles. The van der Waals surface area contributed by atoms with E-state index < -0.39 is 11.1 Å². The molecule has 0 radical (unpaired) electrons. The Morgan fingerprint density at radius 3 is 1.85 bits per heavy atom. The van der Waals surface area contributed by atoms with E-state index >= 15 is 0 Å². The predicted octanol–water partition coefficient (Wildman–Crippen LogP) is 5.55. The van der Waals surface area contributed by atoms with Gasteiger partial charge in [-0.2, -0.15) is 5.11 Å². The SMILES string of the molecule is COc1ccc([C@H]2[C@H](c3ccc(OC)cc3)[C@@]3(C)C(=O)[C@]2(C)N=NN3Cc2ccccc2)cc1. The fourth-order valence-electron chi connectivity index (χ4n) is 5.68. The van der Waals surface area contributed by atoms with Gasteiger partial charge in [0.05, 0.1) is 20.8 Å². The summed E-state index contributed by atoms with van der Waals surface area (Å²) in [5.41, 5.74) is 1.35. The summed E-state index contributed by atoms with van der Waals surface area (Å²) in [4.78, 5) is 14.2. The highest BCUT2D eigenvalue weighted by Gasteiger charge is 2.69. The number of rotatable bonds is 6. The lowest BCUT2D eigenvalue weighted by molar-refractivity contribution is -0.135. The van der Waals surface area contributed by atoms with Crippen molar-refractivity contribution in [1.82, 2.24) is 5.01 Å². The van der Waals surface area contributed by atoms with Crippen LogP contribution in [0.15, 0.2) is 89.2 Å². The summed E-state index contributed by atoms with van der Waals surface area (Å²) in [5.74, 6) is 1.30. The summed E-state index contributed by atoms with van der Waals surface area (Å²) < 4.78 is 10.8. The molecule has 34 heavy (non-hydrogen) atoms. The molecule has 2 aliphatic rings. The molecule has 1 aliphatic heterocycles. The van der Waals surface area contributed by atoms with E-state index in [9.17, 15) is 4.79 Å².